The van der Waals surface area contributed by atoms with Gasteiger partial charge in [-0.25, -0.2) is 9.98 Å². The van der Waals surface area contributed by atoms with Gasteiger partial charge in [-0.3, -0.25) is 0 Å². The number of nitrogens with zero attached hydrogens (tertiary/aromatic N) is 3. The van der Waals surface area contributed by atoms with Crippen LogP contribution >= 0.6 is 15.9 Å². The Morgan fingerprint density at radius 2 is 2.14 bits per heavy atom. The average molecular weight is 370 g/mol. The topological polar surface area (TPSA) is 58.0 Å². The fraction of sp³-hybridized carbons (Fsp3) is 0.625. The summed E-state index contributed by atoms with van der Waals surface area (Å²) in [5.41, 5.74) is 1.67. The number of hydrogen-bond acceptors (Lipinski definition) is 4. The third kappa shape index (κ3) is 4.68. The first-order valence-electron chi connectivity index (χ1n) is 7.76. The monoisotopic (exact) mass is 369 g/mol. The van der Waals surface area contributed by atoms with E-state index >= 15 is 0 Å². The van der Waals surface area contributed by atoms with Gasteiger partial charge in [-0.2, -0.15) is 0 Å². The van der Waals surface area contributed by atoms with Crippen LogP contribution in [-0.2, 0) is 0 Å². The molecule has 0 unspecified atom stereocenters. The Morgan fingerprint density at radius 1 is 1.45 bits per heavy atom. The summed E-state index contributed by atoms with van der Waals surface area (Å²) in [4.78, 5) is 11.0. The normalized spacial score (nSPS) is 22.0. The Bertz CT molecular complexity index is 528. The van der Waals surface area contributed by atoms with Crippen molar-refractivity contribution in [2.24, 2.45) is 4.99 Å². The molecular formula is C16H24BrN3O2. The number of aryl methyl sites for hydroxylation is 1. The molecule has 0 bridgehead atoms. The van der Waals surface area contributed by atoms with Crippen molar-refractivity contribution >= 4 is 28.0 Å². The van der Waals surface area contributed by atoms with Gasteiger partial charge in [0.2, 0.25) is 5.88 Å². The summed E-state index contributed by atoms with van der Waals surface area (Å²) >= 11 is 3.52. The standard InChI is InChI=1S/C16H24BrN3O2/c1-4-20(3)10-18-15-9-14(17)16(19-11(15)2)22-13-7-5-12(21)6-8-13/h9-10,12-13,21H,4-8H2,1-3H3/b18-10+. The van der Waals surface area contributed by atoms with Gasteiger partial charge in [-0.05, 0) is 61.5 Å². The lowest BCUT2D eigenvalue weighted by molar-refractivity contribution is 0.0639. The first-order valence-corrected chi connectivity index (χ1v) is 8.55. The smallest absolute Gasteiger partial charge is 0.228 e. The van der Waals surface area contributed by atoms with Gasteiger partial charge in [-0.15, -0.1) is 0 Å². The lowest BCUT2D eigenvalue weighted by Crippen LogP contribution is -2.26. The Hall–Kier alpha value is -1.14. The molecule has 1 aromatic rings. The second-order valence-corrected chi connectivity index (χ2v) is 6.60. The molecule has 0 saturated heterocycles. The number of hydrogen-bond donors (Lipinski definition) is 1. The van der Waals surface area contributed by atoms with E-state index in [0.29, 0.717) is 5.88 Å². The molecule has 1 N–H and O–H groups in total. The lowest BCUT2D eigenvalue weighted by Gasteiger charge is -2.26. The van der Waals surface area contributed by atoms with Crippen LogP contribution in [0.3, 0.4) is 0 Å². The first kappa shape index (κ1) is 17.2. The van der Waals surface area contributed by atoms with Crippen LogP contribution in [0.2, 0.25) is 0 Å². The molecule has 0 aromatic carbocycles. The van der Waals surface area contributed by atoms with Crippen molar-refractivity contribution in [3.05, 3.63) is 16.2 Å². The second kappa shape index (κ2) is 7.92. The molecule has 122 valence electrons. The van der Waals surface area contributed by atoms with E-state index in [9.17, 15) is 5.11 Å². The summed E-state index contributed by atoms with van der Waals surface area (Å²) in [5.74, 6) is 0.613. The van der Waals surface area contributed by atoms with Crippen molar-refractivity contribution < 1.29 is 9.84 Å². The molecule has 1 heterocycles. The second-order valence-electron chi connectivity index (χ2n) is 5.75. The van der Waals surface area contributed by atoms with E-state index in [2.05, 4.69) is 32.8 Å². The van der Waals surface area contributed by atoms with Crippen molar-refractivity contribution in [2.45, 2.75) is 51.7 Å². The molecule has 0 amide bonds. The minimum Gasteiger partial charge on any atom is -0.474 e. The summed E-state index contributed by atoms with van der Waals surface area (Å²) in [6, 6.07) is 1.94. The van der Waals surface area contributed by atoms with Crippen LogP contribution in [0.1, 0.15) is 38.3 Å². The van der Waals surface area contributed by atoms with Gasteiger partial charge in [0.15, 0.2) is 0 Å². The van der Waals surface area contributed by atoms with E-state index in [-0.39, 0.29) is 12.2 Å². The number of halogens is 1. The predicted molar refractivity (Wildman–Crippen MR) is 92.0 cm³/mol. The van der Waals surface area contributed by atoms with E-state index < -0.39 is 0 Å². The van der Waals surface area contributed by atoms with Gasteiger partial charge < -0.3 is 14.7 Å². The highest BCUT2D eigenvalue weighted by atomic mass is 79.9. The Morgan fingerprint density at radius 3 is 2.77 bits per heavy atom. The van der Waals surface area contributed by atoms with Crippen LogP contribution in [0.4, 0.5) is 5.69 Å². The molecule has 0 radical (unpaired) electrons. The molecular weight excluding hydrogens is 346 g/mol. The zero-order valence-electron chi connectivity index (χ0n) is 13.4. The molecule has 0 aliphatic heterocycles. The molecule has 6 heteroatoms. The van der Waals surface area contributed by atoms with E-state index in [1.165, 1.54) is 0 Å². The van der Waals surface area contributed by atoms with E-state index in [1.54, 1.807) is 6.34 Å². The minimum absolute atomic E-state index is 0.132. The third-order valence-corrected chi connectivity index (χ3v) is 4.49. The Labute approximate surface area is 140 Å². The van der Waals surface area contributed by atoms with Crippen LogP contribution in [-0.4, -0.2) is 47.1 Å². The zero-order valence-corrected chi connectivity index (χ0v) is 15.0. The van der Waals surface area contributed by atoms with E-state index in [1.807, 2.05) is 24.9 Å². The minimum atomic E-state index is -0.176. The van der Waals surface area contributed by atoms with Gasteiger partial charge in [0, 0.05) is 13.6 Å². The molecule has 0 atom stereocenters. The largest absolute Gasteiger partial charge is 0.474 e. The van der Waals surface area contributed by atoms with Crippen LogP contribution in [0, 0.1) is 6.92 Å². The van der Waals surface area contributed by atoms with Crippen molar-refractivity contribution in [1.82, 2.24) is 9.88 Å². The number of aliphatic imine (C=N–C) groups is 1. The molecule has 1 fully saturated rings. The Kier molecular flexibility index (Phi) is 6.20. The highest BCUT2D eigenvalue weighted by Gasteiger charge is 2.22. The number of pyridine rings is 1. The molecule has 1 aliphatic rings. The Balaban J connectivity index is 2.07. The highest BCUT2D eigenvalue weighted by Crippen LogP contribution is 2.32. The van der Waals surface area contributed by atoms with E-state index in [0.717, 1.165) is 48.1 Å². The van der Waals surface area contributed by atoms with Gasteiger partial charge in [0.1, 0.15) is 6.10 Å². The molecule has 1 aromatic heterocycles. The number of rotatable bonds is 5. The number of aliphatic hydroxyl groups is 1. The summed E-state index contributed by atoms with van der Waals surface area (Å²) < 4.78 is 6.80. The molecule has 1 aliphatic carbocycles. The average Bonchev–Trinajstić information content (AvgIpc) is 2.51. The van der Waals surface area contributed by atoms with Crippen LogP contribution < -0.4 is 4.74 Å². The third-order valence-electron chi connectivity index (χ3n) is 3.92. The van der Waals surface area contributed by atoms with Crippen molar-refractivity contribution in [2.75, 3.05) is 13.6 Å². The summed E-state index contributed by atoms with van der Waals surface area (Å²) in [6.45, 7) is 4.92. The SMILES string of the molecule is CCN(C)/C=N/c1cc(Br)c(OC2CCC(O)CC2)nc1C. The van der Waals surface area contributed by atoms with Gasteiger partial charge >= 0.3 is 0 Å². The van der Waals surface area contributed by atoms with Gasteiger partial charge in [0.25, 0.3) is 0 Å². The van der Waals surface area contributed by atoms with Crippen LogP contribution in [0.5, 0.6) is 5.88 Å². The summed E-state index contributed by atoms with van der Waals surface area (Å²) in [7, 11) is 1.98. The fourth-order valence-corrected chi connectivity index (χ4v) is 2.72. The van der Waals surface area contributed by atoms with Crippen molar-refractivity contribution in [1.29, 1.82) is 0 Å². The van der Waals surface area contributed by atoms with Crippen LogP contribution in [0.25, 0.3) is 0 Å². The zero-order chi connectivity index (χ0) is 16.1. The van der Waals surface area contributed by atoms with Crippen molar-refractivity contribution in [3.8, 4) is 5.88 Å². The number of aromatic nitrogens is 1. The molecule has 2 rings (SSSR count). The summed E-state index contributed by atoms with van der Waals surface area (Å²) in [5, 5.41) is 9.55. The molecule has 22 heavy (non-hydrogen) atoms. The van der Waals surface area contributed by atoms with Gasteiger partial charge in [-0.1, -0.05) is 0 Å². The predicted octanol–water partition coefficient (Wildman–Crippen LogP) is 3.45. The molecule has 1 saturated carbocycles. The number of aliphatic hydroxyl groups excluding tert-OH is 1. The summed E-state index contributed by atoms with van der Waals surface area (Å²) in [6.07, 6.45) is 5.10. The maximum Gasteiger partial charge on any atom is 0.228 e. The molecule has 0 spiro atoms. The quantitative estimate of drug-likeness (QED) is 0.637. The lowest BCUT2D eigenvalue weighted by atomic mass is 9.95. The highest BCUT2D eigenvalue weighted by molar-refractivity contribution is 9.10. The molecule has 5 nitrogen and oxygen atoms in total. The van der Waals surface area contributed by atoms with Crippen molar-refractivity contribution in [3.63, 3.8) is 0 Å². The first-order chi connectivity index (χ1) is 10.5. The maximum atomic E-state index is 9.55. The van der Waals surface area contributed by atoms with Gasteiger partial charge in [0.05, 0.1) is 28.3 Å². The fourth-order valence-electron chi connectivity index (χ4n) is 2.33. The number of ether oxygens (including phenoxy) is 1. The van der Waals surface area contributed by atoms with E-state index in [4.69, 9.17) is 4.74 Å². The van der Waals surface area contributed by atoms with Crippen LogP contribution in [0.15, 0.2) is 15.5 Å². The maximum absolute atomic E-state index is 9.55.